The zero-order chi connectivity index (χ0) is 16.4. The molecule has 4 aliphatic rings. The molecule has 0 aromatic carbocycles. The number of hydrogen-bond donors (Lipinski definition) is 2. The van der Waals surface area contributed by atoms with Crippen molar-refractivity contribution < 1.29 is 9.59 Å². The third-order valence-corrected chi connectivity index (χ3v) is 6.20. The molecule has 0 heterocycles. The van der Waals surface area contributed by atoms with Gasteiger partial charge in [-0.15, -0.1) is 0 Å². The average Bonchev–Trinajstić information content (AvgIpc) is 2.48. The summed E-state index contributed by atoms with van der Waals surface area (Å²) >= 11 is 0. The topological polar surface area (TPSA) is 96.0 Å². The fourth-order valence-corrected chi connectivity index (χ4v) is 5.54. The number of rotatable bonds is 7. The molecule has 4 bridgehead atoms. The molecule has 0 spiro atoms. The maximum atomic E-state index is 12.9. The summed E-state index contributed by atoms with van der Waals surface area (Å²) in [6.07, 6.45) is 9.35. The number of carbonyl (C=O) groups excluding carboxylic acids is 2. The smallest absolute Gasteiger partial charge is 0.239 e. The lowest BCUT2D eigenvalue weighted by atomic mass is 9.49. The van der Waals surface area contributed by atoms with Crippen LogP contribution in [-0.2, 0) is 9.59 Å². The molecule has 0 unspecified atom stereocenters. The molecule has 4 fully saturated rings. The van der Waals surface area contributed by atoms with Crippen LogP contribution in [-0.4, -0.2) is 17.9 Å². The first kappa shape index (κ1) is 16.3. The fourth-order valence-electron chi connectivity index (χ4n) is 5.54. The summed E-state index contributed by atoms with van der Waals surface area (Å²) in [5, 5.41) is 11.5. The molecule has 4 aliphatic carbocycles. The predicted molar refractivity (Wildman–Crippen MR) is 85.8 cm³/mol. The summed E-state index contributed by atoms with van der Waals surface area (Å²) in [5.41, 5.74) is 5.23. The number of primary amides is 1. The van der Waals surface area contributed by atoms with Crippen LogP contribution in [0, 0.1) is 34.5 Å². The van der Waals surface area contributed by atoms with Crippen molar-refractivity contribution in [2.75, 3.05) is 0 Å². The Balaban J connectivity index is 1.60. The third kappa shape index (κ3) is 3.36. The van der Waals surface area contributed by atoms with Gasteiger partial charge in [0.1, 0.15) is 6.04 Å². The van der Waals surface area contributed by atoms with E-state index in [2.05, 4.69) is 11.4 Å². The number of nitrogens with one attached hydrogen (secondary N) is 1. The Morgan fingerprint density at radius 3 is 2.17 bits per heavy atom. The Morgan fingerprint density at radius 2 is 1.70 bits per heavy atom. The van der Waals surface area contributed by atoms with Crippen LogP contribution in [0.4, 0.5) is 0 Å². The normalized spacial score (nSPS) is 35.5. The molecule has 4 saturated carbocycles. The van der Waals surface area contributed by atoms with Crippen molar-refractivity contribution in [3.8, 4) is 6.07 Å². The van der Waals surface area contributed by atoms with Crippen molar-refractivity contribution in [2.45, 2.75) is 70.3 Å². The van der Waals surface area contributed by atoms with E-state index >= 15 is 0 Å². The van der Waals surface area contributed by atoms with E-state index < -0.39 is 11.9 Å². The fraction of sp³-hybridized carbons (Fsp3) is 0.833. The lowest BCUT2D eigenvalue weighted by Crippen LogP contribution is -2.56. The maximum absolute atomic E-state index is 12.9. The minimum Gasteiger partial charge on any atom is -0.368 e. The summed E-state index contributed by atoms with van der Waals surface area (Å²) in [6, 6.07) is 1.51. The highest BCUT2D eigenvalue weighted by Gasteiger charge is 2.54. The van der Waals surface area contributed by atoms with Gasteiger partial charge in [-0.3, -0.25) is 9.59 Å². The molecule has 5 nitrogen and oxygen atoms in total. The van der Waals surface area contributed by atoms with Crippen molar-refractivity contribution in [1.29, 1.82) is 5.26 Å². The zero-order valence-electron chi connectivity index (χ0n) is 13.7. The zero-order valence-corrected chi connectivity index (χ0v) is 13.7. The second-order valence-electron chi connectivity index (χ2n) is 8.03. The first-order valence-electron chi connectivity index (χ1n) is 8.99. The van der Waals surface area contributed by atoms with Crippen LogP contribution in [0.1, 0.15) is 64.2 Å². The van der Waals surface area contributed by atoms with E-state index in [1.54, 1.807) is 0 Å². The van der Waals surface area contributed by atoms with Crippen LogP contribution >= 0.6 is 0 Å². The molecular weight excluding hydrogens is 290 g/mol. The first-order valence-corrected chi connectivity index (χ1v) is 8.99. The number of nitrogens with two attached hydrogens (primary N) is 1. The monoisotopic (exact) mass is 317 g/mol. The number of hydrogen-bond acceptors (Lipinski definition) is 3. The van der Waals surface area contributed by atoms with E-state index in [1.165, 1.54) is 19.3 Å². The van der Waals surface area contributed by atoms with Gasteiger partial charge in [0, 0.05) is 11.8 Å². The van der Waals surface area contributed by atoms with Crippen LogP contribution in [0.2, 0.25) is 0 Å². The molecular formula is C18H27N3O2. The van der Waals surface area contributed by atoms with Gasteiger partial charge in [-0.1, -0.05) is 0 Å². The molecule has 0 radical (unpaired) electrons. The van der Waals surface area contributed by atoms with Gasteiger partial charge in [0.2, 0.25) is 11.8 Å². The van der Waals surface area contributed by atoms with Gasteiger partial charge in [-0.25, -0.2) is 0 Å². The number of carbonyl (C=O) groups is 2. The summed E-state index contributed by atoms with van der Waals surface area (Å²) < 4.78 is 0. The van der Waals surface area contributed by atoms with Crippen LogP contribution in [0.3, 0.4) is 0 Å². The molecule has 0 aromatic rings. The lowest BCUT2D eigenvalue weighted by molar-refractivity contribution is -0.148. The van der Waals surface area contributed by atoms with Gasteiger partial charge in [0.15, 0.2) is 0 Å². The van der Waals surface area contributed by atoms with Crippen LogP contribution < -0.4 is 11.1 Å². The molecule has 3 N–H and O–H groups in total. The third-order valence-electron chi connectivity index (χ3n) is 6.20. The minimum absolute atomic E-state index is 0.0562. The van der Waals surface area contributed by atoms with E-state index in [1.807, 2.05) is 0 Å². The van der Waals surface area contributed by atoms with Crippen molar-refractivity contribution >= 4 is 11.8 Å². The predicted octanol–water partition coefficient (Wildman–Crippen LogP) is 2.26. The second kappa shape index (κ2) is 6.51. The molecule has 0 aliphatic heterocycles. The number of nitrogens with zero attached hydrogens (tertiary/aromatic N) is 1. The molecule has 1 atom stereocenters. The van der Waals surface area contributed by atoms with Crippen molar-refractivity contribution in [3.05, 3.63) is 0 Å². The Morgan fingerprint density at radius 1 is 1.13 bits per heavy atom. The van der Waals surface area contributed by atoms with E-state index in [0.717, 1.165) is 32.1 Å². The van der Waals surface area contributed by atoms with Crippen molar-refractivity contribution in [2.24, 2.45) is 28.9 Å². The highest BCUT2D eigenvalue weighted by Crippen LogP contribution is 2.60. The molecule has 2 amide bonds. The number of nitriles is 1. The molecule has 4 rings (SSSR count). The largest absolute Gasteiger partial charge is 0.368 e. The van der Waals surface area contributed by atoms with Crippen LogP contribution in [0.25, 0.3) is 0 Å². The van der Waals surface area contributed by atoms with E-state index in [0.29, 0.717) is 30.6 Å². The highest BCUT2D eigenvalue weighted by atomic mass is 16.2. The van der Waals surface area contributed by atoms with Gasteiger partial charge < -0.3 is 11.1 Å². The lowest BCUT2D eigenvalue weighted by Gasteiger charge is -2.55. The van der Waals surface area contributed by atoms with Gasteiger partial charge >= 0.3 is 0 Å². The standard InChI is InChI=1S/C18H27N3O2/c19-5-3-1-2-4-15(16(20)22)21-17(23)18-9-12-6-13(10-18)8-14(7-12)11-18/h12-15H,1-4,6-11H2,(H2,20,22)(H,21,23)/t12?,13?,14?,15-,18?/m1/s1. The van der Waals surface area contributed by atoms with Crippen molar-refractivity contribution in [3.63, 3.8) is 0 Å². The summed E-state index contributed by atoms with van der Waals surface area (Å²) in [4.78, 5) is 24.6. The minimum atomic E-state index is -0.589. The van der Waals surface area contributed by atoms with Gasteiger partial charge in [0.05, 0.1) is 6.07 Å². The number of amides is 2. The average molecular weight is 317 g/mol. The van der Waals surface area contributed by atoms with E-state index in [9.17, 15) is 9.59 Å². The molecule has 5 heteroatoms. The Kier molecular flexibility index (Phi) is 4.61. The van der Waals surface area contributed by atoms with Gasteiger partial charge in [-0.2, -0.15) is 5.26 Å². The van der Waals surface area contributed by atoms with Crippen molar-refractivity contribution in [1.82, 2.24) is 5.32 Å². The highest BCUT2D eigenvalue weighted by molar-refractivity contribution is 5.89. The first-order chi connectivity index (χ1) is 11.0. The Bertz CT molecular complexity index is 488. The summed E-state index contributed by atoms with van der Waals surface area (Å²) in [6.45, 7) is 0. The van der Waals surface area contributed by atoms with Gasteiger partial charge in [0.25, 0.3) is 0 Å². The summed E-state index contributed by atoms with van der Waals surface area (Å²) in [7, 11) is 0. The molecule has 0 saturated heterocycles. The van der Waals surface area contributed by atoms with Crippen LogP contribution in [0.5, 0.6) is 0 Å². The molecule has 126 valence electrons. The number of unbranched alkanes of at least 4 members (excludes halogenated alkanes) is 2. The molecule has 23 heavy (non-hydrogen) atoms. The van der Waals surface area contributed by atoms with Crippen LogP contribution in [0.15, 0.2) is 0 Å². The maximum Gasteiger partial charge on any atom is 0.239 e. The van der Waals surface area contributed by atoms with E-state index in [4.69, 9.17) is 11.0 Å². The van der Waals surface area contributed by atoms with Gasteiger partial charge in [-0.05, 0) is 75.5 Å². The quantitative estimate of drug-likeness (QED) is 0.705. The summed E-state index contributed by atoms with van der Waals surface area (Å²) in [5.74, 6) is 1.71. The molecule has 0 aromatic heterocycles. The Hall–Kier alpha value is -1.57. The Labute approximate surface area is 138 Å². The second-order valence-corrected chi connectivity index (χ2v) is 8.03. The SMILES string of the molecule is N#CCCCC[C@@H](NC(=O)C12CC3CC(CC(C3)C1)C2)C(N)=O. The van der Waals surface area contributed by atoms with E-state index in [-0.39, 0.29) is 11.3 Å².